The minimum atomic E-state index is -3.86. The highest BCUT2D eigenvalue weighted by Gasteiger charge is 2.38. The van der Waals surface area contributed by atoms with Gasteiger partial charge in [-0.05, 0) is 50.1 Å². The van der Waals surface area contributed by atoms with Gasteiger partial charge in [-0.15, -0.1) is 0 Å². The average Bonchev–Trinajstić information content (AvgIpc) is 2.64. The Morgan fingerprint density at radius 1 is 1.07 bits per heavy atom. The molecular formula is C20H24N2O4S. The van der Waals surface area contributed by atoms with E-state index in [1.165, 1.54) is 0 Å². The molecule has 3 rings (SSSR count). The minimum absolute atomic E-state index is 0.117. The summed E-state index contributed by atoms with van der Waals surface area (Å²) >= 11 is 0. The SMILES string of the molecule is CCc1ccc(S(=O)(=O)OCCN2C(=O)C(C)(C)Nc3ccccc32)cc1. The molecule has 0 saturated heterocycles. The molecule has 0 saturated carbocycles. The van der Waals surface area contributed by atoms with Crippen LogP contribution >= 0.6 is 0 Å². The van der Waals surface area contributed by atoms with Gasteiger partial charge >= 0.3 is 0 Å². The molecule has 0 fully saturated rings. The molecule has 6 nitrogen and oxygen atoms in total. The van der Waals surface area contributed by atoms with Crippen LogP contribution in [0.5, 0.6) is 0 Å². The Balaban J connectivity index is 1.73. The van der Waals surface area contributed by atoms with E-state index in [1.807, 2.05) is 31.2 Å². The van der Waals surface area contributed by atoms with Crippen LogP contribution in [0.1, 0.15) is 26.3 Å². The minimum Gasteiger partial charge on any atom is -0.370 e. The fourth-order valence-electron chi connectivity index (χ4n) is 3.07. The summed E-state index contributed by atoms with van der Waals surface area (Å²) in [4.78, 5) is 14.5. The Bertz CT molecular complexity index is 937. The lowest BCUT2D eigenvalue weighted by atomic mass is 9.98. The van der Waals surface area contributed by atoms with E-state index in [-0.39, 0.29) is 24.0 Å². The number of hydrogen-bond donors (Lipinski definition) is 1. The molecule has 0 aliphatic carbocycles. The second-order valence-corrected chi connectivity index (χ2v) is 8.61. The van der Waals surface area contributed by atoms with Crippen molar-refractivity contribution in [3.63, 3.8) is 0 Å². The Hall–Kier alpha value is -2.38. The van der Waals surface area contributed by atoms with Crippen molar-refractivity contribution in [2.24, 2.45) is 0 Å². The maximum Gasteiger partial charge on any atom is 0.297 e. The summed E-state index contributed by atoms with van der Waals surface area (Å²) in [5.74, 6) is -0.130. The highest BCUT2D eigenvalue weighted by Crippen LogP contribution is 2.34. The Labute approximate surface area is 160 Å². The predicted octanol–water partition coefficient (Wildman–Crippen LogP) is 3.19. The van der Waals surface area contributed by atoms with Gasteiger partial charge in [0.15, 0.2) is 0 Å². The van der Waals surface area contributed by atoms with Crippen LogP contribution < -0.4 is 10.2 Å². The smallest absolute Gasteiger partial charge is 0.297 e. The highest BCUT2D eigenvalue weighted by molar-refractivity contribution is 7.86. The van der Waals surface area contributed by atoms with E-state index >= 15 is 0 Å². The van der Waals surface area contributed by atoms with Gasteiger partial charge in [0.2, 0.25) is 0 Å². The number of anilines is 2. The van der Waals surface area contributed by atoms with Crippen molar-refractivity contribution < 1.29 is 17.4 Å². The summed E-state index contributed by atoms with van der Waals surface area (Å²) in [6.07, 6.45) is 0.835. The molecule has 0 aromatic heterocycles. The van der Waals surface area contributed by atoms with Crippen molar-refractivity contribution in [1.82, 2.24) is 0 Å². The third-order valence-electron chi connectivity index (χ3n) is 4.60. The summed E-state index contributed by atoms with van der Waals surface area (Å²) in [6.45, 7) is 5.63. The summed E-state index contributed by atoms with van der Waals surface area (Å²) in [5, 5.41) is 3.21. The first-order valence-electron chi connectivity index (χ1n) is 8.92. The molecule has 0 unspecified atom stereocenters. The summed E-state index contributed by atoms with van der Waals surface area (Å²) in [6, 6.07) is 14.1. The van der Waals surface area contributed by atoms with E-state index in [9.17, 15) is 13.2 Å². The van der Waals surface area contributed by atoms with Crippen molar-refractivity contribution in [3.8, 4) is 0 Å². The molecular weight excluding hydrogens is 364 g/mol. The summed E-state index contributed by atoms with van der Waals surface area (Å²) in [5.41, 5.74) is 1.83. The molecule has 2 aromatic carbocycles. The monoisotopic (exact) mass is 388 g/mol. The van der Waals surface area contributed by atoms with Crippen molar-refractivity contribution in [3.05, 3.63) is 54.1 Å². The third-order valence-corrected chi connectivity index (χ3v) is 5.92. The van der Waals surface area contributed by atoms with Crippen LogP contribution in [-0.4, -0.2) is 33.0 Å². The van der Waals surface area contributed by atoms with Crippen LogP contribution in [0.25, 0.3) is 0 Å². The molecule has 1 aliphatic rings. The second kappa shape index (κ2) is 7.32. The molecule has 2 aromatic rings. The fourth-order valence-corrected chi connectivity index (χ4v) is 3.97. The molecule has 1 N–H and O–H groups in total. The van der Waals surface area contributed by atoms with Crippen molar-refractivity contribution in [2.45, 2.75) is 37.6 Å². The average molecular weight is 388 g/mol. The maximum atomic E-state index is 12.8. The topological polar surface area (TPSA) is 75.7 Å². The molecule has 0 radical (unpaired) electrons. The number of rotatable bonds is 6. The molecule has 0 atom stereocenters. The van der Waals surface area contributed by atoms with Crippen LogP contribution in [0, 0.1) is 0 Å². The first-order valence-corrected chi connectivity index (χ1v) is 10.3. The third kappa shape index (κ3) is 3.99. The number of aryl methyl sites for hydroxylation is 1. The largest absolute Gasteiger partial charge is 0.370 e. The first-order chi connectivity index (χ1) is 12.7. The second-order valence-electron chi connectivity index (χ2n) is 7.00. The van der Waals surface area contributed by atoms with E-state index in [1.54, 1.807) is 43.0 Å². The summed E-state index contributed by atoms with van der Waals surface area (Å²) in [7, 11) is -3.86. The van der Waals surface area contributed by atoms with Crippen LogP contribution in [0.15, 0.2) is 53.4 Å². The molecule has 1 aliphatic heterocycles. The van der Waals surface area contributed by atoms with Gasteiger partial charge in [0, 0.05) is 0 Å². The van der Waals surface area contributed by atoms with E-state index in [0.29, 0.717) is 0 Å². The van der Waals surface area contributed by atoms with Crippen LogP contribution in [-0.2, 0) is 25.5 Å². The zero-order chi connectivity index (χ0) is 19.7. The maximum absolute atomic E-state index is 12.8. The quantitative estimate of drug-likeness (QED) is 0.769. The number of hydrogen-bond acceptors (Lipinski definition) is 5. The Morgan fingerprint density at radius 2 is 1.74 bits per heavy atom. The van der Waals surface area contributed by atoms with E-state index < -0.39 is 15.7 Å². The number of nitrogens with one attached hydrogen (secondary N) is 1. The molecule has 27 heavy (non-hydrogen) atoms. The molecule has 0 bridgehead atoms. The van der Waals surface area contributed by atoms with Crippen molar-refractivity contribution >= 4 is 27.4 Å². The van der Waals surface area contributed by atoms with Gasteiger partial charge in [-0.1, -0.05) is 31.2 Å². The number of para-hydroxylation sites is 2. The van der Waals surface area contributed by atoms with Crippen LogP contribution in [0.3, 0.4) is 0 Å². The lowest BCUT2D eigenvalue weighted by Gasteiger charge is -2.39. The van der Waals surface area contributed by atoms with Crippen LogP contribution in [0.4, 0.5) is 11.4 Å². The number of carbonyl (C=O) groups is 1. The van der Waals surface area contributed by atoms with Gasteiger partial charge in [-0.2, -0.15) is 8.42 Å². The zero-order valence-corrected chi connectivity index (χ0v) is 16.5. The number of benzene rings is 2. The fraction of sp³-hybridized carbons (Fsp3) is 0.350. The number of carbonyl (C=O) groups excluding carboxylic acids is 1. The van der Waals surface area contributed by atoms with Crippen molar-refractivity contribution in [1.29, 1.82) is 0 Å². The van der Waals surface area contributed by atoms with Gasteiger partial charge in [0.1, 0.15) is 5.54 Å². The van der Waals surface area contributed by atoms with Gasteiger partial charge in [0.05, 0.1) is 29.4 Å². The van der Waals surface area contributed by atoms with Gasteiger partial charge in [-0.25, -0.2) is 0 Å². The van der Waals surface area contributed by atoms with Gasteiger partial charge in [-0.3, -0.25) is 8.98 Å². The molecule has 0 spiro atoms. The first kappa shape index (κ1) is 19.4. The highest BCUT2D eigenvalue weighted by atomic mass is 32.2. The predicted molar refractivity (Wildman–Crippen MR) is 105 cm³/mol. The van der Waals surface area contributed by atoms with Crippen molar-refractivity contribution in [2.75, 3.05) is 23.4 Å². The van der Waals surface area contributed by atoms with E-state index in [4.69, 9.17) is 4.18 Å². The lowest BCUT2D eigenvalue weighted by molar-refractivity contribution is -0.122. The number of fused-ring (bicyclic) bond motifs is 1. The normalized spacial score (nSPS) is 16.0. The molecule has 144 valence electrons. The standard InChI is InChI=1S/C20H24N2O4S/c1-4-15-9-11-16(12-10-15)27(24,25)26-14-13-22-18-8-6-5-7-17(18)21-20(2,3)19(22)23/h5-12,21H,4,13-14H2,1-3H3. The van der Waals surface area contributed by atoms with Gasteiger partial charge in [0.25, 0.3) is 16.0 Å². The number of amides is 1. The lowest BCUT2D eigenvalue weighted by Crippen LogP contribution is -2.54. The summed E-state index contributed by atoms with van der Waals surface area (Å²) < 4.78 is 30.0. The number of nitrogens with zero attached hydrogens (tertiary/aromatic N) is 1. The molecule has 1 heterocycles. The Morgan fingerprint density at radius 3 is 2.41 bits per heavy atom. The molecule has 7 heteroatoms. The zero-order valence-electron chi connectivity index (χ0n) is 15.7. The van der Waals surface area contributed by atoms with Crippen LogP contribution in [0.2, 0.25) is 0 Å². The van der Waals surface area contributed by atoms with E-state index in [2.05, 4.69) is 5.32 Å². The Kier molecular flexibility index (Phi) is 5.26. The van der Waals surface area contributed by atoms with E-state index in [0.717, 1.165) is 23.4 Å². The molecule has 1 amide bonds. The van der Waals surface area contributed by atoms with Gasteiger partial charge < -0.3 is 10.2 Å².